The minimum atomic E-state index is -1.89. The Kier molecular flexibility index (Phi) is 4.20. The maximum absolute atomic E-state index is 12.6. The van der Waals surface area contributed by atoms with Gasteiger partial charge in [-0.15, -0.1) is 0 Å². The van der Waals surface area contributed by atoms with Crippen LogP contribution in [0.2, 0.25) is 5.02 Å². The first-order valence-corrected chi connectivity index (χ1v) is 8.16. The van der Waals surface area contributed by atoms with E-state index in [9.17, 15) is 14.7 Å². The molecule has 0 radical (unpaired) electrons. The Bertz CT molecular complexity index is 814. The van der Waals surface area contributed by atoms with Crippen LogP contribution in [0, 0.1) is 0 Å². The number of carbonyl (C=O) groups excluding carboxylic acids is 2. The molecule has 24 heavy (non-hydrogen) atoms. The van der Waals surface area contributed by atoms with Crippen molar-refractivity contribution in [2.75, 3.05) is 5.32 Å². The van der Waals surface area contributed by atoms with E-state index >= 15 is 0 Å². The van der Waals surface area contributed by atoms with E-state index in [0.717, 1.165) is 5.56 Å². The lowest BCUT2D eigenvalue weighted by atomic mass is 9.87. The average Bonchev–Trinajstić information content (AvgIpc) is 2.78. The summed E-state index contributed by atoms with van der Waals surface area (Å²) in [6, 6.07) is 12.0. The third kappa shape index (κ3) is 2.83. The van der Waals surface area contributed by atoms with E-state index in [1.165, 1.54) is 6.07 Å². The molecule has 0 bridgehead atoms. The van der Waals surface area contributed by atoms with Crippen LogP contribution in [0.1, 0.15) is 47.7 Å². The predicted molar refractivity (Wildman–Crippen MR) is 93.5 cm³/mol. The molecule has 2 N–H and O–H groups in total. The van der Waals surface area contributed by atoms with E-state index in [4.69, 9.17) is 11.6 Å². The van der Waals surface area contributed by atoms with Crippen LogP contribution in [0.5, 0.6) is 0 Å². The van der Waals surface area contributed by atoms with Crippen molar-refractivity contribution in [3.63, 3.8) is 0 Å². The Morgan fingerprint density at radius 2 is 1.88 bits per heavy atom. The highest BCUT2D eigenvalue weighted by Crippen LogP contribution is 2.40. The summed E-state index contributed by atoms with van der Waals surface area (Å²) in [5, 5.41) is 13.8. The van der Waals surface area contributed by atoms with Gasteiger partial charge in [-0.2, -0.15) is 0 Å². The van der Waals surface area contributed by atoms with Crippen LogP contribution in [0.25, 0.3) is 0 Å². The number of hydrogen-bond acceptors (Lipinski definition) is 3. The highest BCUT2D eigenvalue weighted by atomic mass is 35.5. The van der Waals surface area contributed by atoms with Gasteiger partial charge in [0.15, 0.2) is 11.4 Å². The van der Waals surface area contributed by atoms with Gasteiger partial charge in [0.25, 0.3) is 5.91 Å². The fourth-order valence-corrected chi connectivity index (χ4v) is 3.05. The van der Waals surface area contributed by atoms with Crippen molar-refractivity contribution in [1.82, 2.24) is 0 Å². The van der Waals surface area contributed by atoms with Crippen molar-refractivity contribution in [2.45, 2.75) is 31.8 Å². The molecule has 0 spiro atoms. The van der Waals surface area contributed by atoms with Gasteiger partial charge in [-0.1, -0.05) is 49.7 Å². The summed E-state index contributed by atoms with van der Waals surface area (Å²) in [4.78, 5) is 24.8. The quantitative estimate of drug-likeness (QED) is 0.828. The van der Waals surface area contributed by atoms with Crippen molar-refractivity contribution in [1.29, 1.82) is 0 Å². The number of amides is 1. The minimum absolute atomic E-state index is 0.296. The number of nitrogens with one attached hydrogen (secondary N) is 1. The molecule has 2 aromatic carbocycles. The first-order chi connectivity index (χ1) is 11.3. The number of carbonyl (C=O) groups is 2. The molecule has 1 aliphatic heterocycles. The summed E-state index contributed by atoms with van der Waals surface area (Å²) in [6.07, 6.45) is -0.326. The van der Waals surface area contributed by atoms with Gasteiger partial charge in [-0.3, -0.25) is 9.59 Å². The van der Waals surface area contributed by atoms with E-state index < -0.39 is 11.5 Å². The second-order valence-corrected chi connectivity index (χ2v) is 6.82. The van der Waals surface area contributed by atoms with Crippen LogP contribution >= 0.6 is 11.6 Å². The molecule has 0 saturated heterocycles. The molecule has 2 aromatic rings. The molecule has 0 unspecified atom stereocenters. The third-order valence-corrected chi connectivity index (χ3v) is 4.60. The third-order valence-electron chi connectivity index (χ3n) is 4.37. The average molecular weight is 344 g/mol. The summed E-state index contributed by atoms with van der Waals surface area (Å²) in [7, 11) is 0. The number of fused-ring (bicyclic) bond motifs is 1. The van der Waals surface area contributed by atoms with E-state index in [0.29, 0.717) is 27.8 Å². The number of hydrogen-bond donors (Lipinski definition) is 2. The topological polar surface area (TPSA) is 66.4 Å². The number of Topliss-reactive ketones (excluding diaryl/α,β-unsaturated/α-hetero) is 1. The molecule has 0 saturated carbocycles. The molecule has 1 aliphatic rings. The van der Waals surface area contributed by atoms with Gasteiger partial charge < -0.3 is 10.4 Å². The SMILES string of the molecule is CC(C)c1ccc(C(=O)C[C@@]2(O)C(=O)Nc3ccc(Cl)cc32)cc1. The van der Waals surface area contributed by atoms with Crippen LogP contribution in [0.4, 0.5) is 5.69 Å². The summed E-state index contributed by atoms with van der Waals surface area (Å²) < 4.78 is 0. The molecule has 1 amide bonds. The lowest BCUT2D eigenvalue weighted by molar-refractivity contribution is -0.133. The van der Waals surface area contributed by atoms with Crippen molar-refractivity contribution < 1.29 is 14.7 Å². The van der Waals surface area contributed by atoms with Crippen LogP contribution < -0.4 is 5.32 Å². The fourth-order valence-electron chi connectivity index (χ4n) is 2.88. The van der Waals surface area contributed by atoms with E-state index in [2.05, 4.69) is 19.2 Å². The van der Waals surface area contributed by atoms with Crippen LogP contribution in [-0.2, 0) is 10.4 Å². The highest BCUT2D eigenvalue weighted by molar-refractivity contribution is 6.31. The Morgan fingerprint density at radius 3 is 2.50 bits per heavy atom. The summed E-state index contributed by atoms with van der Waals surface area (Å²) >= 11 is 5.96. The molecule has 0 fully saturated rings. The summed E-state index contributed by atoms with van der Waals surface area (Å²) in [5.74, 6) is -0.532. The Morgan fingerprint density at radius 1 is 1.21 bits per heavy atom. The van der Waals surface area contributed by atoms with Gasteiger partial charge in [0.2, 0.25) is 0 Å². The highest BCUT2D eigenvalue weighted by Gasteiger charge is 2.46. The second kappa shape index (κ2) is 6.04. The lowest BCUT2D eigenvalue weighted by Crippen LogP contribution is -2.36. The largest absolute Gasteiger partial charge is 0.375 e. The summed E-state index contributed by atoms with van der Waals surface area (Å²) in [5.41, 5.74) is 0.521. The number of halogens is 1. The van der Waals surface area contributed by atoms with E-state index in [1.807, 2.05) is 12.1 Å². The monoisotopic (exact) mass is 343 g/mol. The van der Waals surface area contributed by atoms with Gasteiger partial charge in [-0.25, -0.2) is 0 Å². The number of anilines is 1. The zero-order valence-corrected chi connectivity index (χ0v) is 14.2. The van der Waals surface area contributed by atoms with Gasteiger partial charge >= 0.3 is 0 Å². The van der Waals surface area contributed by atoms with Gasteiger partial charge in [0.1, 0.15) is 0 Å². The maximum atomic E-state index is 12.6. The molecule has 1 heterocycles. The first kappa shape index (κ1) is 16.7. The number of ketones is 1. The molecule has 3 rings (SSSR count). The molecule has 5 heteroatoms. The lowest BCUT2D eigenvalue weighted by Gasteiger charge is -2.20. The maximum Gasteiger partial charge on any atom is 0.261 e. The normalized spacial score (nSPS) is 19.3. The zero-order valence-electron chi connectivity index (χ0n) is 13.5. The minimum Gasteiger partial charge on any atom is -0.375 e. The van der Waals surface area contributed by atoms with Gasteiger partial charge in [0, 0.05) is 21.8 Å². The fraction of sp³-hybridized carbons (Fsp3) is 0.263. The van der Waals surface area contributed by atoms with Crippen molar-refractivity contribution in [2.24, 2.45) is 0 Å². The molecule has 0 aromatic heterocycles. The second-order valence-electron chi connectivity index (χ2n) is 6.38. The molecular weight excluding hydrogens is 326 g/mol. The predicted octanol–water partition coefficient (Wildman–Crippen LogP) is 3.88. The standard InChI is InChI=1S/C19H18ClNO3/c1-11(2)12-3-5-13(6-4-12)17(22)10-19(24)15-9-14(20)7-8-16(15)21-18(19)23/h3-9,11,24H,10H2,1-2H3,(H,21,23)/t19-/m0/s1. The van der Waals surface area contributed by atoms with Crippen molar-refractivity contribution >= 4 is 29.0 Å². The van der Waals surface area contributed by atoms with E-state index in [1.54, 1.807) is 24.3 Å². The van der Waals surface area contributed by atoms with E-state index in [-0.39, 0.29) is 12.2 Å². The molecule has 0 aliphatic carbocycles. The van der Waals surface area contributed by atoms with Gasteiger partial charge in [0.05, 0.1) is 6.42 Å². The molecular formula is C19H18ClNO3. The Balaban J connectivity index is 1.89. The smallest absolute Gasteiger partial charge is 0.261 e. The summed E-state index contributed by atoms with van der Waals surface area (Å²) in [6.45, 7) is 4.15. The Hall–Kier alpha value is -2.17. The first-order valence-electron chi connectivity index (χ1n) is 7.78. The van der Waals surface area contributed by atoms with Crippen LogP contribution in [0.15, 0.2) is 42.5 Å². The number of benzene rings is 2. The van der Waals surface area contributed by atoms with Crippen molar-refractivity contribution in [3.05, 3.63) is 64.2 Å². The van der Waals surface area contributed by atoms with Crippen LogP contribution in [0.3, 0.4) is 0 Å². The van der Waals surface area contributed by atoms with Crippen LogP contribution in [-0.4, -0.2) is 16.8 Å². The van der Waals surface area contributed by atoms with Gasteiger partial charge in [-0.05, 0) is 29.7 Å². The van der Waals surface area contributed by atoms with Crippen molar-refractivity contribution in [3.8, 4) is 0 Å². The zero-order chi connectivity index (χ0) is 17.5. The molecule has 1 atom stereocenters. The number of aliphatic hydroxyl groups is 1. The molecule has 4 nitrogen and oxygen atoms in total. The Labute approximate surface area is 145 Å². The number of rotatable bonds is 4. The molecule has 124 valence electrons.